The number of likely N-dealkylation sites (tertiary alicyclic amines) is 1. The van der Waals surface area contributed by atoms with Crippen LogP contribution in [0.1, 0.15) is 23.5 Å². The first-order chi connectivity index (χ1) is 7.75. The van der Waals surface area contributed by atoms with Crippen molar-refractivity contribution in [2.24, 2.45) is 5.92 Å². The summed E-state index contributed by atoms with van der Waals surface area (Å²) >= 11 is 0. The molecular formula is C9H16N6O. The Bertz CT molecular complexity index is 330. The minimum absolute atomic E-state index is 0.105. The van der Waals surface area contributed by atoms with Crippen LogP contribution in [0.3, 0.4) is 0 Å². The second-order valence-corrected chi connectivity index (χ2v) is 4.19. The standard InChI is InChI=1S/C9H16N6O/c1-15-4-2-7(3-5-15)6-10-9(16)8-11-13-14-12-8/h7H,2-6H2,1H3,(H,10,16)(H,11,12,13,14). The lowest BCUT2D eigenvalue weighted by atomic mass is 9.97. The van der Waals surface area contributed by atoms with Crippen LogP contribution in [-0.2, 0) is 0 Å². The van der Waals surface area contributed by atoms with E-state index in [1.807, 2.05) is 0 Å². The lowest BCUT2D eigenvalue weighted by Crippen LogP contribution is -2.37. The highest BCUT2D eigenvalue weighted by molar-refractivity contribution is 5.89. The SMILES string of the molecule is CN1CCC(CNC(=O)c2nn[nH]n2)CC1. The Hall–Kier alpha value is -1.50. The van der Waals surface area contributed by atoms with E-state index in [0.29, 0.717) is 12.5 Å². The quantitative estimate of drug-likeness (QED) is 0.707. The maximum atomic E-state index is 11.5. The number of carbonyl (C=O) groups is 1. The van der Waals surface area contributed by atoms with Crippen molar-refractivity contribution < 1.29 is 4.79 Å². The van der Waals surface area contributed by atoms with Crippen molar-refractivity contribution in [2.75, 3.05) is 26.7 Å². The first-order valence-corrected chi connectivity index (χ1v) is 5.46. The Morgan fingerprint density at radius 3 is 2.94 bits per heavy atom. The summed E-state index contributed by atoms with van der Waals surface area (Å²) in [5, 5.41) is 15.7. The third-order valence-electron chi connectivity index (χ3n) is 2.94. The summed E-state index contributed by atoms with van der Waals surface area (Å²) in [5.74, 6) is 0.410. The van der Waals surface area contributed by atoms with Crippen molar-refractivity contribution in [1.82, 2.24) is 30.8 Å². The number of aromatic nitrogens is 4. The first kappa shape index (κ1) is 11.0. The molecule has 1 saturated heterocycles. The average molecular weight is 224 g/mol. The number of carbonyl (C=O) groups excluding carboxylic acids is 1. The third-order valence-corrected chi connectivity index (χ3v) is 2.94. The molecule has 2 heterocycles. The molecule has 0 aromatic carbocycles. The molecule has 7 nitrogen and oxygen atoms in total. The fraction of sp³-hybridized carbons (Fsp3) is 0.778. The normalized spacial score (nSPS) is 18.6. The van der Waals surface area contributed by atoms with Crippen LogP contribution in [0.25, 0.3) is 0 Å². The molecule has 0 radical (unpaired) electrons. The molecule has 1 aromatic heterocycles. The zero-order chi connectivity index (χ0) is 11.4. The number of amides is 1. The molecule has 1 aliphatic heterocycles. The molecule has 2 N–H and O–H groups in total. The Balaban J connectivity index is 1.73. The van der Waals surface area contributed by atoms with Gasteiger partial charge in [0.15, 0.2) is 0 Å². The van der Waals surface area contributed by atoms with Gasteiger partial charge in [-0.2, -0.15) is 5.21 Å². The van der Waals surface area contributed by atoms with Crippen LogP contribution in [0.4, 0.5) is 0 Å². The molecule has 7 heteroatoms. The number of nitrogens with one attached hydrogen (secondary N) is 2. The summed E-state index contributed by atoms with van der Waals surface area (Å²) in [4.78, 5) is 13.8. The maximum Gasteiger partial charge on any atom is 0.292 e. The van der Waals surface area contributed by atoms with Gasteiger partial charge in [-0.05, 0) is 44.1 Å². The van der Waals surface area contributed by atoms with Gasteiger partial charge in [-0.25, -0.2) is 0 Å². The molecule has 0 atom stereocenters. The maximum absolute atomic E-state index is 11.5. The molecule has 1 amide bonds. The summed E-state index contributed by atoms with van der Waals surface area (Å²) in [6.45, 7) is 2.90. The molecule has 1 aliphatic rings. The zero-order valence-electron chi connectivity index (χ0n) is 9.31. The minimum Gasteiger partial charge on any atom is -0.349 e. The summed E-state index contributed by atoms with van der Waals surface area (Å²) in [6, 6.07) is 0. The lowest BCUT2D eigenvalue weighted by molar-refractivity contribution is 0.0928. The van der Waals surface area contributed by atoms with Gasteiger partial charge in [0.2, 0.25) is 0 Å². The first-order valence-electron chi connectivity index (χ1n) is 5.46. The summed E-state index contributed by atoms with van der Waals surface area (Å²) in [5.41, 5.74) is 0. The van der Waals surface area contributed by atoms with Crippen LogP contribution in [0.5, 0.6) is 0 Å². The van der Waals surface area contributed by atoms with Crippen LogP contribution in [-0.4, -0.2) is 58.1 Å². The van der Waals surface area contributed by atoms with Gasteiger partial charge in [-0.3, -0.25) is 4.79 Å². The van der Waals surface area contributed by atoms with Crippen LogP contribution >= 0.6 is 0 Å². The molecule has 1 fully saturated rings. The highest BCUT2D eigenvalue weighted by atomic mass is 16.2. The van der Waals surface area contributed by atoms with E-state index in [1.165, 1.54) is 0 Å². The van der Waals surface area contributed by atoms with Gasteiger partial charge in [0.05, 0.1) is 0 Å². The van der Waals surface area contributed by atoms with Gasteiger partial charge in [0, 0.05) is 6.54 Å². The molecule has 0 saturated carbocycles. The fourth-order valence-corrected chi connectivity index (χ4v) is 1.84. The van der Waals surface area contributed by atoms with Crippen molar-refractivity contribution in [3.8, 4) is 0 Å². The van der Waals surface area contributed by atoms with E-state index >= 15 is 0 Å². The lowest BCUT2D eigenvalue weighted by Gasteiger charge is -2.28. The average Bonchev–Trinajstić information content (AvgIpc) is 2.81. The molecule has 0 aliphatic carbocycles. The smallest absolute Gasteiger partial charge is 0.292 e. The van der Waals surface area contributed by atoms with E-state index in [4.69, 9.17) is 0 Å². The van der Waals surface area contributed by atoms with Gasteiger partial charge in [-0.1, -0.05) is 0 Å². The summed E-state index contributed by atoms with van der Waals surface area (Å²) in [7, 11) is 2.12. The molecule has 16 heavy (non-hydrogen) atoms. The minimum atomic E-state index is -0.257. The van der Waals surface area contributed by atoms with Gasteiger partial charge >= 0.3 is 0 Å². The number of hydrogen-bond donors (Lipinski definition) is 2. The van der Waals surface area contributed by atoms with E-state index < -0.39 is 0 Å². The van der Waals surface area contributed by atoms with Crippen molar-refractivity contribution in [3.05, 3.63) is 5.82 Å². The molecule has 0 bridgehead atoms. The summed E-state index contributed by atoms with van der Waals surface area (Å²) in [6.07, 6.45) is 2.26. The van der Waals surface area contributed by atoms with Crippen LogP contribution < -0.4 is 5.32 Å². The number of H-pyrrole nitrogens is 1. The van der Waals surface area contributed by atoms with Gasteiger partial charge < -0.3 is 10.2 Å². The molecular weight excluding hydrogens is 208 g/mol. The second kappa shape index (κ2) is 5.02. The van der Waals surface area contributed by atoms with Gasteiger partial charge in [0.1, 0.15) is 0 Å². The number of piperidine rings is 1. The predicted molar refractivity (Wildman–Crippen MR) is 56.7 cm³/mol. The largest absolute Gasteiger partial charge is 0.349 e. The second-order valence-electron chi connectivity index (χ2n) is 4.19. The van der Waals surface area contributed by atoms with Crippen molar-refractivity contribution in [1.29, 1.82) is 0 Å². The Morgan fingerprint density at radius 2 is 2.31 bits per heavy atom. The molecule has 2 rings (SSSR count). The van der Waals surface area contributed by atoms with Crippen LogP contribution in [0.15, 0.2) is 0 Å². The highest BCUT2D eigenvalue weighted by Crippen LogP contribution is 2.14. The van der Waals surface area contributed by atoms with Crippen LogP contribution in [0, 0.1) is 5.92 Å². The highest BCUT2D eigenvalue weighted by Gasteiger charge is 2.18. The Labute approximate surface area is 93.6 Å². The number of hydrogen-bond acceptors (Lipinski definition) is 5. The summed E-state index contributed by atoms with van der Waals surface area (Å²) < 4.78 is 0. The number of nitrogens with zero attached hydrogens (tertiary/aromatic N) is 4. The van der Waals surface area contributed by atoms with Crippen molar-refractivity contribution >= 4 is 5.91 Å². The monoisotopic (exact) mass is 224 g/mol. The molecule has 1 aromatic rings. The molecule has 88 valence electrons. The van der Waals surface area contributed by atoms with E-state index in [1.54, 1.807) is 0 Å². The topological polar surface area (TPSA) is 86.8 Å². The number of tetrazole rings is 1. The number of rotatable bonds is 3. The van der Waals surface area contributed by atoms with E-state index in [-0.39, 0.29) is 11.7 Å². The Morgan fingerprint density at radius 1 is 1.56 bits per heavy atom. The van der Waals surface area contributed by atoms with Crippen LogP contribution in [0.2, 0.25) is 0 Å². The number of aromatic amines is 1. The van der Waals surface area contributed by atoms with Crippen molar-refractivity contribution in [2.45, 2.75) is 12.8 Å². The molecule has 0 unspecified atom stereocenters. The Kier molecular flexibility index (Phi) is 3.45. The van der Waals surface area contributed by atoms with E-state index in [0.717, 1.165) is 25.9 Å². The predicted octanol–water partition coefficient (Wildman–Crippen LogP) is -0.729. The molecule has 0 spiro atoms. The van der Waals surface area contributed by atoms with E-state index in [9.17, 15) is 4.79 Å². The fourth-order valence-electron chi connectivity index (χ4n) is 1.84. The third kappa shape index (κ3) is 2.75. The zero-order valence-corrected chi connectivity index (χ0v) is 9.31. The van der Waals surface area contributed by atoms with Gasteiger partial charge in [-0.15, -0.1) is 10.2 Å². The van der Waals surface area contributed by atoms with Crippen molar-refractivity contribution in [3.63, 3.8) is 0 Å². The van der Waals surface area contributed by atoms with Gasteiger partial charge in [0.25, 0.3) is 11.7 Å². The van der Waals surface area contributed by atoms with E-state index in [2.05, 4.69) is 37.9 Å².